The Labute approximate surface area is 122 Å². The molecule has 0 bridgehead atoms. The lowest BCUT2D eigenvalue weighted by molar-refractivity contribution is 0.112. The molecule has 2 atom stereocenters. The van der Waals surface area contributed by atoms with Crippen LogP contribution in [0.3, 0.4) is 0 Å². The van der Waals surface area contributed by atoms with Crippen molar-refractivity contribution in [2.75, 3.05) is 13.1 Å². The highest BCUT2D eigenvalue weighted by molar-refractivity contribution is 9.11. The van der Waals surface area contributed by atoms with Gasteiger partial charge in [-0.25, -0.2) is 0 Å². The van der Waals surface area contributed by atoms with Crippen molar-refractivity contribution in [1.29, 1.82) is 0 Å². The minimum absolute atomic E-state index is 0.743. The molecule has 0 saturated carbocycles. The summed E-state index contributed by atoms with van der Waals surface area (Å²) in [5, 5.41) is 5.99. The first kappa shape index (κ1) is 13.1. The van der Waals surface area contributed by atoms with E-state index < -0.39 is 0 Å². The fourth-order valence-corrected chi connectivity index (χ4v) is 4.57. The summed E-state index contributed by atoms with van der Waals surface area (Å²) in [7, 11) is 0. The molecule has 2 aliphatic rings. The molecule has 2 unspecified atom stereocenters. The molecule has 100 valence electrons. The summed E-state index contributed by atoms with van der Waals surface area (Å²) in [6.45, 7) is 3.63. The van der Waals surface area contributed by atoms with E-state index in [-0.39, 0.29) is 0 Å². The minimum atomic E-state index is 0.743. The first-order valence-corrected chi connectivity index (χ1v) is 8.70. The zero-order chi connectivity index (χ0) is 12.4. The molecule has 1 N–H and O–H groups in total. The van der Waals surface area contributed by atoms with Gasteiger partial charge in [0.2, 0.25) is 0 Å². The summed E-state index contributed by atoms with van der Waals surface area (Å²) in [6.07, 6.45) is 6.89. The number of thiophene rings is 1. The fraction of sp³-hybridized carbons (Fsp3) is 0.714. The third-order valence-corrected chi connectivity index (χ3v) is 5.79. The van der Waals surface area contributed by atoms with Crippen molar-refractivity contribution >= 4 is 27.3 Å². The van der Waals surface area contributed by atoms with E-state index in [2.05, 4.69) is 37.6 Å². The molecule has 3 rings (SSSR count). The normalized spacial score (nSPS) is 29.8. The molecule has 0 aromatic carbocycles. The highest BCUT2D eigenvalue weighted by Crippen LogP contribution is 2.28. The van der Waals surface area contributed by atoms with Gasteiger partial charge in [0.15, 0.2) is 0 Å². The first-order valence-electron chi connectivity index (χ1n) is 7.03. The zero-order valence-corrected chi connectivity index (χ0v) is 13.1. The summed E-state index contributed by atoms with van der Waals surface area (Å²) in [5.74, 6) is 0. The van der Waals surface area contributed by atoms with Crippen LogP contribution in [0.25, 0.3) is 0 Å². The zero-order valence-electron chi connectivity index (χ0n) is 10.7. The van der Waals surface area contributed by atoms with E-state index in [9.17, 15) is 0 Å². The van der Waals surface area contributed by atoms with Crippen LogP contribution >= 0.6 is 27.3 Å². The van der Waals surface area contributed by atoms with E-state index in [0.29, 0.717) is 0 Å². The Balaban J connectivity index is 1.67. The minimum Gasteiger partial charge on any atom is -0.312 e. The number of hydrogen-bond acceptors (Lipinski definition) is 3. The number of nitrogens with one attached hydrogen (secondary N) is 1. The van der Waals surface area contributed by atoms with E-state index in [0.717, 1.165) is 18.6 Å². The molecule has 0 amide bonds. The van der Waals surface area contributed by atoms with Gasteiger partial charge in [-0.1, -0.05) is 6.42 Å². The maximum Gasteiger partial charge on any atom is 0.0701 e. The van der Waals surface area contributed by atoms with E-state index in [1.54, 1.807) is 11.3 Å². The summed E-state index contributed by atoms with van der Waals surface area (Å²) in [4.78, 5) is 2.71. The third-order valence-electron chi connectivity index (χ3n) is 4.23. The standard InChI is InChI=1S/C14H21BrN2S/c15-14-8-11(10-18-14)9-17-7-2-1-5-13(17)12-4-3-6-16-12/h8,10,12-13,16H,1-7,9H2. The Morgan fingerprint density at radius 1 is 1.33 bits per heavy atom. The number of piperidine rings is 1. The summed E-state index contributed by atoms with van der Waals surface area (Å²) < 4.78 is 1.25. The Morgan fingerprint density at radius 2 is 2.28 bits per heavy atom. The van der Waals surface area contributed by atoms with Gasteiger partial charge < -0.3 is 5.32 Å². The Morgan fingerprint density at radius 3 is 3.00 bits per heavy atom. The predicted molar refractivity (Wildman–Crippen MR) is 81.1 cm³/mol. The smallest absolute Gasteiger partial charge is 0.0701 e. The van der Waals surface area contributed by atoms with Crippen molar-refractivity contribution in [3.8, 4) is 0 Å². The number of halogens is 1. The maximum atomic E-state index is 3.70. The molecule has 4 heteroatoms. The van der Waals surface area contributed by atoms with Crippen molar-refractivity contribution in [1.82, 2.24) is 10.2 Å². The predicted octanol–water partition coefficient (Wildman–Crippen LogP) is 3.62. The van der Waals surface area contributed by atoms with Gasteiger partial charge in [0.25, 0.3) is 0 Å². The number of rotatable bonds is 3. The molecule has 0 spiro atoms. The second-order valence-corrected chi connectivity index (χ2v) is 7.79. The van der Waals surface area contributed by atoms with Crippen molar-refractivity contribution in [3.05, 3.63) is 20.8 Å². The number of likely N-dealkylation sites (tertiary alicyclic amines) is 1. The Hall–Kier alpha value is 0.1000. The summed E-state index contributed by atoms with van der Waals surface area (Å²) in [5.41, 5.74) is 1.47. The Bertz CT molecular complexity index is 387. The van der Waals surface area contributed by atoms with Crippen LogP contribution in [-0.2, 0) is 6.54 Å². The molecule has 1 aromatic rings. The van der Waals surface area contributed by atoms with Crippen LogP contribution in [-0.4, -0.2) is 30.1 Å². The molecule has 1 aromatic heterocycles. The van der Waals surface area contributed by atoms with Crippen LogP contribution < -0.4 is 5.32 Å². The van der Waals surface area contributed by atoms with Crippen molar-refractivity contribution in [3.63, 3.8) is 0 Å². The molecule has 2 nitrogen and oxygen atoms in total. The van der Waals surface area contributed by atoms with Crippen LogP contribution in [0, 0.1) is 0 Å². The van der Waals surface area contributed by atoms with Crippen molar-refractivity contribution in [2.45, 2.75) is 50.7 Å². The van der Waals surface area contributed by atoms with Crippen LogP contribution in [0.4, 0.5) is 0 Å². The van der Waals surface area contributed by atoms with E-state index in [1.165, 1.54) is 54.5 Å². The van der Waals surface area contributed by atoms with Gasteiger partial charge >= 0.3 is 0 Å². The second-order valence-electron chi connectivity index (χ2n) is 5.50. The molecule has 18 heavy (non-hydrogen) atoms. The molecule has 2 fully saturated rings. The van der Waals surface area contributed by atoms with Gasteiger partial charge in [0.05, 0.1) is 3.79 Å². The molecule has 2 aliphatic heterocycles. The quantitative estimate of drug-likeness (QED) is 0.911. The van der Waals surface area contributed by atoms with E-state index >= 15 is 0 Å². The maximum absolute atomic E-state index is 3.70. The average Bonchev–Trinajstić information content (AvgIpc) is 3.02. The van der Waals surface area contributed by atoms with Crippen LogP contribution in [0.1, 0.15) is 37.7 Å². The largest absolute Gasteiger partial charge is 0.312 e. The summed E-state index contributed by atoms with van der Waals surface area (Å²) >= 11 is 5.37. The Kier molecular flexibility index (Phi) is 4.39. The van der Waals surface area contributed by atoms with Gasteiger partial charge in [-0.3, -0.25) is 4.90 Å². The molecule has 3 heterocycles. The molecule has 0 radical (unpaired) electrons. The second kappa shape index (κ2) is 6.04. The molecular formula is C14H21BrN2S. The average molecular weight is 329 g/mol. The van der Waals surface area contributed by atoms with Gasteiger partial charge in [0, 0.05) is 18.6 Å². The number of nitrogens with zero attached hydrogens (tertiary/aromatic N) is 1. The topological polar surface area (TPSA) is 15.3 Å². The van der Waals surface area contributed by atoms with Crippen molar-refractivity contribution < 1.29 is 0 Å². The monoisotopic (exact) mass is 328 g/mol. The van der Waals surface area contributed by atoms with Crippen LogP contribution in [0.15, 0.2) is 15.2 Å². The number of hydrogen-bond donors (Lipinski definition) is 1. The van der Waals surface area contributed by atoms with Gasteiger partial charge in [0.1, 0.15) is 0 Å². The highest BCUT2D eigenvalue weighted by Gasteiger charge is 2.31. The molecular weight excluding hydrogens is 308 g/mol. The first-order chi connectivity index (χ1) is 8.83. The fourth-order valence-electron chi connectivity index (χ4n) is 3.37. The van der Waals surface area contributed by atoms with Crippen LogP contribution in [0.2, 0.25) is 0 Å². The molecule has 2 saturated heterocycles. The third kappa shape index (κ3) is 2.98. The van der Waals surface area contributed by atoms with Crippen molar-refractivity contribution in [2.24, 2.45) is 0 Å². The van der Waals surface area contributed by atoms with E-state index in [1.807, 2.05) is 0 Å². The van der Waals surface area contributed by atoms with Gasteiger partial charge in [-0.2, -0.15) is 0 Å². The summed E-state index contributed by atoms with van der Waals surface area (Å²) in [6, 6.07) is 3.78. The lowest BCUT2D eigenvalue weighted by Gasteiger charge is -2.39. The van der Waals surface area contributed by atoms with E-state index in [4.69, 9.17) is 0 Å². The van der Waals surface area contributed by atoms with Crippen LogP contribution in [0.5, 0.6) is 0 Å². The highest BCUT2D eigenvalue weighted by atomic mass is 79.9. The van der Waals surface area contributed by atoms with Gasteiger partial charge in [-0.15, -0.1) is 11.3 Å². The lowest BCUT2D eigenvalue weighted by Crippen LogP contribution is -2.49. The molecule has 0 aliphatic carbocycles. The van der Waals surface area contributed by atoms with Gasteiger partial charge in [-0.05, 0) is 71.7 Å². The lowest BCUT2D eigenvalue weighted by atomic mass is 9.94. The SMILES string of the molecule is Brc1cc(CN2CCCCC2C2CCCN2)cs1.